The van der Waals surface area contributed by atoms with Gasteiger partial charge in [-0.2, -0.15) is 0 Å². The number of benzene rings is 1. The van der Waals surface area contributed by atoms with Crippen LogP contribution in [0, 0.1) is 5.82 Å². The third-order valence-corrected chi connectivity index (χ3v) is 3.10. The van der Waals surface area contributed by atoms with Gasteiger partial charge in [0.15, 0.2) is 0 Å². The summed E-state index contributed by atoms with van der Waals surface area (Å²) in [5, 5.41) is 0. The molecule has 0 N–H and O–H groups in total. The van der Waals surface area contributed by atoms with E-state index in [1.54, 1.807) is 12.1 Å². The molecule has 1 aliphatic rings. The quantitative estimate of drug-likeness (QED) is 0.804. The second kappa shape index (κ2) is 3.79. The van der Waals surface area contributed by atoms with Crippen LogP contribution in [-0.2, 0) is 6.54 Å². The Labute approximate surface area is 94.0 Å². The summed E-state index contributed by atoms with van der Waals surface area (Å²) in [5.41, 5.74) is 0.438. The molecule has 0 spiro atoms. The number of rotatable bonds is 2. The molecule has 1 fully saturated rings. The Hall–Kier alpha value is -0.550. The van der Waals surface area contributed by atoms with Gasteiger partial charge in [-0.25, -0.2) is 13.2 Å². The Morgan fingerprint density at radius 2 is 2.00 bits per heavy atom. The number of nitrogens with zero attached hydrogens (tertiary/aromatic N) is 1. The predicted molar refractivity (Wildman–Crippen MR) is 54.3 cm³/mol. The molecule has 1 aliphatic heterocycles. The van der Waals surface area contributed by atoms with E-state index in [1.165, 1.54) is 11.0 Å². The zero-order valence-corrected chi connectivity index (χ0v) is 9.40. The zero-order chi connectivity index (χ0) is 11.1. The first-order valence-electron chi connectivity index (χ1n) is 4.51. The van der Waals surface area contributed by atoms with E-state index in [2.05, 4.69) is 15.9 Å². The van der Waals surface area contributed by atoms with Crippen LogP contribution in [0.1, 0.15) is 5.56 Å². The van der Waals surface area contributed by atoms with Crippen LogP contribution >= 0.6 is 15.9 Å². The molecule has 1 aromatic carbocycles. The van der Waals surface area contributed by atoms with E-state index in [4.69, 9.17) is 0 Å². The standard InChI is InChI=1S/C10H9BrF3N/c11-8-2-1-3-9(12)7(8)4-15-5-10(13,14)6-15/h1-3H,4-6H2. The number of alkyl halides is 2. The number of hydrogen-bond donors (Lipinski definition) is 0. The molecule has 1 heterocycles. The lowest BCUT2D eigenvalue weighted by atomic mass is 10.1. The molecule has 2 rings (SSSR count). The van der Waals surface area contributed by atoms with E-state index in [1.807, 2.05) is 0 Å². The highest BCUT2D eigenvalue weighted by Crippen LogP contribution is 2.30. The van der Waals surface area contributed by atoms with Crippen LogP contribution in [0.5, 0.6) is 0 Å². The first-order chi connectivity index (χ1) is 6.98. The Balaban J connectivity index is 2.06. The summed E-state index contributed by atoms with van der Waals surface area (Å²) in [6.45, 7) is -0.343. The van der Waals surface area contributed by atoms with Crippen LogP contribution in [0.4, 0.5) is 13.2 Å². The van der Waals surface area contributed by atoms with Gasteiger partial charge in [0, 0.05) is 16.6 Å². The molecule has 0 amide bonds. The lowest BCUT2D eigenvalue weighted by Gasteiger charge is -2.38. The van der Waals surface area contributed by atoms with Crippen molar-refractivity contribution < 1.29 is 13.2 Å². The lowest BCUT2D eigenvalue weighted by molar-refractivity contribution is -0.134. The highest BCUT2D eigenvalue weighted by molar-refractivity contribution is 9.10. The van der Waals surface area contributed by atoms with Crippen molar-refractivity contribution in [1.82, 2.24) is 4.90 Å². The lowest BCUT2D eigenvalue weighted by Crippen LogP contribution is -2.55. The highest BCUT2D eigenvalue weighted by Gasteiger charge is 2.43. The van der Waals surface area contributed by atoms with Crippen LogP contribution in [0.25, 0.3) is 0 Å². The van der Waals surface area contributed by atoms with Gasteiger partial charge in [0.2, 0.25) is 0 Å². The van der Waals surface area contributed by atoms with Crippen LogP contribution in [0.2, 0.25) is 0 Å². The predicted octanol–water partition coefficient (Wildman–Crippen LogP) is 3.04. The number of likely N-dealkylation sites (tertiary alicyclic amines) is 1. The van der Waals surface area contributed by atoms with Crippen molar-refractivity contribution in [3.63, 3.8) is 0 Å². The molecule has 1 nitrogen and oxygen atoms in total. The molecule has 1 saturated heterocycles. The molecule has 0 aliphatic carbocycles. The molecule has 0 bridgehead atoms. The monoisotopic (exact) mass is 279 g/mol. The second-order valence-electron chi connectivity index (χ2n) is 3.70. The molecule has 0 unspecified atom stereocenters. The third-order valence-electron chi connectivity index (χ3n) is 2.35. The summed E-state index contributed by atoms with van der Waals surface area (Å²) >= 11 is 3.20. The Bertz CT molecular complexity index is 353. The maximum absolute atomic E-state index is 13.3. The molecule has 0 aromatic heterocycles. The van der Waals surface area contributed by atoms with Crippen LogP contribution < -0.4 is 0 Å². The van der Waals surface area contributed by atoms with E-state index in [9.17, 15) is 13.2 Å². The fraction of sp³-hybridized carbons (Fsp3) is 0.400. The molecular weight excluding hydrogens is 271 g/mol. The molecule has 0 saturated carbocycles. The van der Waals surface area contributed by atoms with E-state index in [-0.39, 0.29) is 25.5 Å². The molecule has 15 heavy (non-hydrogen) atoms. The highest BCUT2D eigenvalue weighted by atomic mass is 79.9. The number of halogens is 4. The Morgan fingerprint density at radius 1 is 1.33 bits per heavy atom. The summed E-state index contributed by atoms with van der Waals surface area (Å²) < 4.78 is 39.0. The topological polar surface area (TPSA) is 3.24 Å². The summed E-state index contributed by atoms with van der Waals surface area (Å²) in [5.74, 6) is -2.96. The molecule has 0 radical (unpaired) electrons. The average Bonchev–Trinajstić information content (AvgIpc) is 2.08. The van der Waals surface area contributed by atoms with Gasteiger partial charge in [0.05, 0.1) is 13.1 Å². The maximum atomic E-state index is 13.3. The van der Waals surface area contributed by atoms with Crippen LogP contribution in [-0.4, -0.2) is 23.9 Å². The van der Waals surface area contributed by atoms with Gasteiger partial charge in [-0.3, -0.25) is 4.90 Å². The van der Waals surface area contributed by atoms with Crippen molar-refractivity contribution in [3.05, 3.63) is 34.1 Å². The van der Waals surface area contributed by atoms with Gasteiger partial charge in [-0.05, 0) is 12.1 Å². The van der Waals surface area contributed by atoms with Crippen LogP contribution in [0.15, 0.2) is 22.7 Å². The van der Waals surface area contributed by atoms with Crippen molar-refractivity contribution in [1.29, 1.82) is 0 Å². The minimum atomic E-state index is -2.60. The van der Waals surface area contributed by atoms with Crippen molar-refractivity contribution in [2.24, 2.45) is 0 Å². The molecular formula is C10H9BrF3N. The first-order valence-corrected chi connectivity index (χ1v) is 5.30. The zero-order valence-electron chi connectivity index (χ0n) is 7.81. The van der Waals surface area contributed by atoms with Crippen LogP contribution in [0.3, 0.4) is 0 Å². The Kier molecular flexibility index (Phi) is 2.77. The minimum Gasteiger partial charge on any atom is -0.287 e. The summed E-state index contributed by atoms with van der Waals surface area (Å²) in [7, 11) is 0. The van der Waals surface area contributed by atoms with Gasteiger partial charge < -0.3 is 0 Å². The summed E-state index contributed by atoms with van der Waals surface area (Å²) in [6, 6.07) is 4.61. The van der Waals surface area contributed by atoms with Crippen molar-refractivity contribution in [2.75, 3.05) is 13.1 Å². The number of hydrogen-bond acceptors (Lipinski definition) is 1. The van der Waals surface area contributed by atoms with Crippen molar-refractivity contribution >= 4 is 15.9 Å². The minimum absolute atomic E-state index is 0.225. The molecule has 5 heteroatoms. The second-order valence-corrected chi connectivity index (χ2v) is 4.56. The van der Waals surface area contributed by atoms with Crippen molar-refractivity contribution in [3.8, 4) is 0 Å². The normalized spacial score (nSPS) is 20.0. The summed E-state index contributed by atoms with van der Waals surface area (Å²) in [6.07, 6.45) is 0. The summed E-state index contributed by atoms with van der Waals surface area (Å²) in [4.78, 5) is 1.52. The molecule has 82 valence electrons. The van der Waals surface area contributed by atoms with E-state index in [0.717, 1.165) is 0 Å². The van der Waals surface area contributed by atoms with Gasteiger partial charge in [0.25, 0.3) is 5.92 Å². The maximum Gasteiger partial charge on any atom is 0.272 e. The average molecular weight is 280 g/mol. The first kappa shape index (κ1) is 11.0. The molecule has 1 aromatic rings. The van der Waals surface area contributed by atoms with Gasteiger partial charge in [0.1, 0.15) is 5.82 Å². The largest absolute Gasteiger partial charge is 0.287 e. The van der Waals surface area contributed by atoms with Crippen molar-refractivity contribution in [2.45, 2.75) is 12.5 Å². The molecule has 0 atom stereocenters. The van der Waals surface area contributed by atoms with E-state index < -0.39 is 5.92 Å². The smallest absolute Gasteiger partial charge is 0.272 e. The van der Waals surface area contributed by atoms with E-state index >= 15 is 0 Å². The van der Waals surface area contributed by atoms with Gasteiger partial charge >= 0.3 is 0 Å². The fourth-order valence-electron chi connectivity index (χ4n) is 1.63. The fourth-order valence-corrected chi connectivity index (χ4v) is 2.09. The van der Waals surface area contributed by atoms with Gasteiger partial charge in [-0.1, -0.05) is 22.0 Å². The van der Waals surface area contributed by atoms with E-state index in [0.29, 0.717) is 10.0 Å². The third kappa shape index (κ3) is 2.34. The Morgan fingerprint density at radius 3 is 2.53 bits per heavy atom. The van der Waals surface area contributed by atoms with Gasteiger partial charge in [-0.15, -0.1) is 0 Å². The SMILES string of the molecule is Fc1cccc(Br)c1CN1CC(F)(F)C1.